The summed E-state index contributed by atoms with van der Waals surface area (Å²) in [6, 6.07) is 2.02. The third kappa shape index (κ3) is 3.83. The molecule has 0 saturated carbocycles. The summed E-state index contributed by atoms with van der Waals surface area (Å²) in [6.07, 6.45) is 2.80. The van der Waals surface area contributed by atoms with Crippen LogP contribution in [0.5, 0.6) is 0 Å². The van der Waals surface area contributed by atoms with Crippen LogP contribution in [-0.4, -0.2) is 19.0 Å². The third-order valence-electron chi connectivity index (χ3n) is 3.87. The van der Waals surface area contributed by atoms with Crippen LogP contribution in [-0.2, 0) is 4.79 Å². The molecule has 2 atom stereocenters. The summed E-state index contributed by atoms with van der Waals surface area (Å²) in [4.78, 5) is 11.9. The van der Waals surface area contributed by atoms with Crippen molar-refractivity contribution in [1.29, 1.82) is 0 Å². The van der Waals surface area contributed by atoms with Crippen molar-refractivity contribution in [3.63, 3.8) is 0 Å². The van der Waals surface area contributed by atoms with Crippen molar-refractivity contribution in [2.45, 2.75) is 46.1 Å². The average Bonchev–Trinajstić information content (AvgIpc) is 2.96. The van der Waals surface area contributed by atoms with Gasteiger partial charge in [0.2, 0.25) is 5.91 Å². The fourth-order valence-corrected chi connectivity index (χ4v) is 2.77. The number of carbonyl (C=O) groups excluding carboxylic acids is 1. The number of furan rings is 1. The summed E-state index contributed by atoms with van der Waals surface area (Å²) in [5.74, 6) is 2.59. The van der Waals surface area contributed by atoms with Crippen LogP contribution in [0.15, 0.2) is 10.5 Å². The van der Waals surface area contributed by atoms with Gasteiger partial charge in [0, 0.05) is 12.0 Å². The lowest BCUT2D eigenvalue weighted by molar-refractivity contribution is -0.122. The number of aryl methyl sites for hydroxylation is 2. The first-order valence-electron chi connectivity index (χ1n) is 7.13. The maximum Gasteiger partial charge on any atom is 0.220 e. The van der Waals surface area contributed by atoms with Crippen LogP contribution in [0.3, 0.4) is 0 Å². The highest BCUT2D eigenvalue weighted by Crippen LogP contribution is 2.21. The van der Waals surface area contributed by atoms with Crippen molar-refractivity contribution in [2.24, 2.45) is 5.92 Å². The van der Waals surface area contributed by atoms with Crippen LogP contribution in [0.4, 0.5) is 0 Å². The molecule has 1 aromatic heterocycles. The Hall–Kier alpha value is -1.29. The van der Waals surface area contributed by atoms with E-state index < -0.39 is 0 Å². The molecule has 2 rings (SSSR count). The first-order chi connectivity index (χ1) is 9.06. The normalized spacial score (nSPS) is 20.5. The van der Waals surface area contributed by atoms with E-state index in [0.29, 0.717) is 12.3 Å². The highest BCUT2D eigenvalue weighted by Gasteiger charge is 2.18. The predicted molar refractivity (Wildman–Crippen MR) is 75.0 cm³/mol. The maximum atomic E-state index is 11.9. The minimum atomic E-state index is 0.0200. The van der Waals surface area contributed by atoms with Crippen molar-refractivity contribution in [3.05, 3.63) is 23.2 Å². The lowest BCUT2D eigenvalue weighted by Crippen LogP contribution is -2.27. The second-order valence-electron chi connectivity index (χ2n) is 5.56. The number of nitrogens with one attached hydrogen (secondary N) is 2. The largest absolute Gasteiger partial charge is 0.466 e. The summed E-state index contributed by atoms with van der Waals surface area (Å²) in [5, 5.41) is 6.38. The molecule has 4 heteroatoms. The molecule has 2 heterocycles. The van der Waals surface area contributed by atoms with Crippen LogP contribution in [0.25, 0.3) is 0 Å². The van der Waals surface area contributed by atoms with E-state index in [2.05, 4.69) is 10.6 Å². The second-order valence-corrected chi connectivity index (χ2v) is 5.56. The SMILES string of the molecule is Cc1cc(C(C)NC(=O)CCC2CCNC2)c(C)o1. The maximum absolute atomic E-state index is 11.9. The highest BCUT2D eigenvalue weighted by atomic mass is 16.3. The van der Waals surface area contributed by atoms with E-state index in [1.54, 1.807) is 0 Å². The summed E-state index contributed by atoms with van der Waals surface area (Å²) in [5.41, 5.74) is 1.08. The smallest absolute Gasteiger partial charge is 0.220 e. The topological polar surface area (TPSA) is 54.3 Å². The molecule has 1 aliphatic heterocycles. The van der Waals surface area contributed by atoms with Crippen molar-refractivity contribution >= 4 is 5.91 Å². The molecule has 0 radical (unpaired) electrons. The van der Waals surface area contributed by atoms with E-state index in [-0.39, 0.29) is 11.9 Å². The fraction of sp³-hybridized carbons (Fsp3) is 0.667. The molecular formula is C15H24N2O2. The van der Waals surface area contributed by atoms with Gasteiger partial charge in [0.15, 0.2) is 0 Å². The Kier molecular flexibility index (Phi) is 4.64. The Morgan fingerprint density at radius 1 is 1.58 bits per heavy atom. The fourth-order valence-electron chi connectivity index (χ4n) is 2.77. The Morgan fingerprint density at radius 2 is 2.37 bits per heavy atom. The molecule has 1 aliphatic rings. The van der Waals surface area contributed by atoms with Gasteiger partial charge in [-0.3, -0.25) is 4.79 Å². The summed E-state index contributed by atoms with van der Waals surface area (Å²) < 4.78 is 5.50. The quantitative estimate of drug-likeness (QED) is 0.859. The van der Waals surface area contributed by atoms with Crippen LogP contribution in [0, 0.1) is 19.8 Å². The van der Waals surface area contributed by atoms with Crippen molar-refractivity contribution in [3.8, 4) is 0 Å². The standard InChI is InChI=1S/C15H24N2O2/c1-10-8-14(12(3)19-10)11(2)17-15(18)5-4-13-6-7-16-9-13/h8,11,13,16H,4-7,9H2,1-3H3,(H,17,18). The van der Waals surface area contributed by atoms with Crippen molar-refractivity contribution in [2.75, 3.05) is 13.1 Å². The lowest BCUT2D eigenvalue weighted by Gasteiger charge is -2.14. The number of carbonyl (C=O) groups is 1. The predicted octanol–water partition coefficient (Wildman–Crippen LogP) is 2.46. The molecular weight excluding hydrogens is 240 g/mol. The van der Waals surface area contributed by atoms with Gasteiger partial charge >= 0.3 is 0 Å². The molecule has 0 bridgehead atoms. The van der Waals surface area contributed by atoms with Crippen molar-refractivity contribution in [1.82, 2.24) is 10.6 Å². The highest BCUT2D eigenvalue weighted by molar-refractivity contribution is 5.76. The van der Waals surface area contributed by atoms with Crippen LogP contribution >= 0.6 is 0 Å². The molecule has 2 unspecified atom stereocenters. The average molecular weight is 264 g/mol. The number of hydrogen-bond donors (Lipinski definition) is 2. The van der Waals surface area contributed by atoms with Crippen LogP contribution in [0.2, 0.25) is 0 Å². The van der Waals surface area contributed by atoms with E-state index in [1.807, 2.05) is 26.8 Å². The molecule has 2 N–H and O–H groups in total. The molecule has 1 aromatic rings. The van der Waals surface area contributed by atoms with Crippen LogP contribution < -0.4 is 10.6 Å². The van der Waals surface area contributed by atoms with E-state index >= 15 is 0 Å². The molecule has 0 spiro atoms. The Balaban J connectivity index is 1.79. The van der Waals surface area contributed by atoms with Gasteiger partial charge in [0.1, 0.15) is 11.5 Å². The number of amides is 1. The van der Waals surface area contributed by atoms with Gasteiger partial charge in [0.05, 0.1) is 6.04 Å². The zero-order valence-electron chi connectivity index (χ0n) is 12.1. The molecule has 1 fully saturated rings. The van der Waals surface area contributed by atoms with Gasteiger partial charge in [-0.25, -0.2) is 0 Å². The third-order valence-corrected chi connectivity index (χ3v) is 3.87. The van der Waals surface area contributed by atoms with Crippen LogP contribution in [0.1, 0.15) is 49.3 Å². The van der Waals surface area contributed by atoms with Gasteiger partial charge in [-0.15, -0.1) is 0 Å². The minimum absolute atomic E-state index is 0.0200. The summed E-state index contributed by atoms with van der Waals surface area (Å²) >= 11 is 0. The van der Waals surface area contributed by atoms with Crippen molar-refractivity contribution < 1.29 is 9.21 Å². The first-order valence-corrected chi connectivity index (χ1v) is 7.13. The summed E-state index contributed by atoms with van der Waals surface area (Å²) in [6.45, 7) is 8.03. The minimum Gasteiger partial charge on any atom is -0.466 e. The zero-order valence-corrected chi connectivity index (χ0v) is 12.1. The monoisotopic (exact) mass is 264 g/mol. The van der Waals surface area contributed by atoms with Gasteiger partial charge in [-0.1, -0.05) is 0 Å². The van der Waals surface area contributed by atoms with Gasteiger partial charge in [-0.05, 0) is 58.7 Å². The Morgan fingerprint density at radius 3 is 2.95 bits per heavy atom. The van der Waals surface area contributed by atoms with E-state index in [1.165, 1.54) is 6.42 Å². The molecule has 0 aliphatic carbocycles. The lowest BCUT2D eigenvalue weighted by atomic mass is 10.0. The number of hydrogen-bond acceptors (Lipinski definition) is 3. The van der Waals surface area contributed by atoms with Gasteiger partial charge in [0.25, 0.3) is 0 Å². The molecule has 1 saturated heterocycles. The first kappa shape index (κ1) is 14.1. The van der Waals surface area contributed by atoms with E-state index in [9.17, 15) is 4.79 Å². The molecule has 0 aromatic carbocycles. The van der Waals surface area contributed by atoms with E-state index in [0.717, 1.165) is 36.6 Å². The summed E-state index contributed by atoms with van der Waals surface area (Å²) in [7, 11) is 0. The van der Waals surface area contributed by atoms with Gasteiger partial charge < -0.3 is 15.1 Å². The van der Waals surface area contributed by atoms with Gasteiger partial charge in [-0.2, -0.15) is 0 Å². The second kappa shape index (κ2) is 6.24. The molecule has 19 heavy (non-hydrogen) atoms. The molecule has 4 nitrogen and oxygen atoms in total. The Labute approximate surface area is 114 Å². The number of rotatable bonds is 5. The Bertz CT molecular complexity index is 433. The zero-order chi connectivity index (χ0) is 13.8. The molecule has 106 valence electrons. The molecule has 1 amide bonds. The van der Waals surface area contributed by atoms with E-state index in [4.69, 9.17) is 4.42 Å².